The highest BCUT2D eigenvalue weighted by Gasteiger charge is 2.18. The van der Waals surface area contributed by atoms with Crippen LogP contribution in [-0.2, 0) is 9.53 Å². The van der Waals surface area contributed by atoms with Gasteiger partial charge in [0.1, 0.15) is 6.04 Å². The van der Waals surface area contributed by atoms with Crippen molar-refractivity contribution in [1.82, 2.24) is 5.32 Å². The van der Waals surface area contributed by atoms with Crippen molar-refractivity contribution < 1.29 is 14.3 Å². The van der Waals surface area contributed by atoms with Gasteiger partial charge in [-0.1, -0.05) is 6.08 Å². The Morgan fingerprint density at radius 1 is 1.77 bits per heavy atom. The lowest BCUT2D eigenvalue weighted by atomic mass is 10.2. The molecule has 0 fully saturated rings. The van der Waals surface area contributed by atoms with E-state index in [1.807, 2.05) is 0 Å². The smallest absolute Gasteiger partial charge is 0.407 e. The molecular weight excluding hydrogens is 210 g/mol. The predicted molar refractivity (Wildman–Crippen MR) is 55.7 cm³/mol. The van der Waals surface area contributed by atoms with Crippen LogP contribution in [-0.4, -0.2) is 24.4 Å². The third kappa shape index (κ3) is 4.84. The molecule has 0 saturated heterocycles. The largest absolute Gasteiger partial charge is 0.453 e. The Balaban J connectivity index is 4.16. The Morgan fingerprint density at radius 3 is 2.77 bits per heavy atom. The fraction of sp³-hybridized carbons (Fsp3) is 0.429. The molecule has 1 N–H and O–H groups in total. The molecule has 0 saturated carbocycles. The number of carbonyl (C=O) groups excluding carboxylic acids is 2. The number of hydrogen-bond acceptors (Lipinski definition) is 5. The number of carbonyl (C=O) groups is 2. The highest BCUT2D eigenvalue weighted by molar-refractivity contribution is 8.74. The number of nitrogens with one attached hydrogen (secondary N) is 1. The molecule has 0 aliphatic rings. The van der Waals surface area contributed by atoms with E-state index in [4.69, 9.17) is 0 Å². The van der Waals surface area contributed by atoms with Crippen molar-refractivity contribution in [2.45, 2.75) is 12.5 Å². The fourth-order valence-corrected chi connectivity index (χ4v) is 1.31. The molecule has 1 atom stereocenters. The van der Waals surface area contributed by atoms with Crippen molar-refractivity contribution in [3.63, 3.8) is 0 Å². The van der Waals surface area contributed by atoms with Crippen molar-refractivity contribution in [3.05, 3.63) is 12.7 Å². The highest BCUT2D eigenvalue weighted by atomic mass is 33.1. The molecule has 0 aromatic heterocycles. The number of ether oxygens (including phenoxy) is 1. The fourth-order valence-electron chi connectivity index (χ4n) is 0.646. The number of thiol groups is 1. The van der Waals surface area contributed by atoms with Gasteiger partial charge in [0.2, 0.25) is 5.12 Å². The van der Waals surface area contributed by atoms with E-state index in [0.29, 0.717) is 6.42 Å². The van der Waals surface area contributed by atoms with Crippen LogP contribution < -0.4 is 5.32 Å². The summed E-state index contributed by atoms with van der Waals surface area (Å²) in [5, 5.41) is 2.12. The third-order valence-electron chi connectivity index (χ3n) is 1.25. The average molecular weight is 221 g/mol. The van der Waals surface area contributed by atoms with Gasteiger partial charge in [-0.3, -0.25) is 4.79 Å². The maximum atomic E-state index is 11.1. The van der Waals surface area contributed by atoms with Gasteiger partial charge in [-0.25, -0.2) is 4.79 Å². The Hall–Kier alpha value is -0.620. The first-order valence-corrected chi connectivity index (χ1v) is 5.33. The SMILES string of the molecule is C=CC[C@H](NC(=O)OC)C(=O)SS. The summed E-state index contributed by atoms with van der Waals surface area (Å²) in [6.45, 7) is 3.47. The maximum Gasteiger partial charge on any atom is 0.407 e. The number of hydrogen-bond donors (Lipinski definition) is 2. The van der Waals surface area contributed by atoms with E-state index < -0.39 is 12.1 Å². The van der Waals surface area contributed by atoms with Crippen molar-refractivity contribution in [2.75, 3.05) is 7.11 Å². The van der Waals surface area contributed by atoms with E-state index in [0.717, 1.165) is 10.8 Å². The Labute approximate surface area is 85.9 Å². The van der Waals surface area contributed by atoms with Gasteiger partial charge in [-0.2, -0.15) is 0 Å². The summed E-state index contributed by atoms with van der Waals surface area (Å²) >= 11 is 3.74. The standard InChI is InChI=1S/C7H11NO3S2/c1-3-4-5(6(9)13-12)8-7(10)11-2/h3,5,12H,1,4H2,2H3,(H,8,10)/t5-/m0/s1. The molecule has 0 aromatic carbocycles. The van der Waals surface area contributed by atoms with Gasteiger partial charge in [0, 0.05) is 0 Å². The normalized spacial score (nSPS) is 11.5. The lowest BCUT2D eigenvalue weighted by molar-refractivity contribution is -0.112. The Bertz CT molecular complexity index is 208. The van der Waals surface area contributed by atoms with Gasteiger partial charge in [0.15, 0.2) is 0 Å². The lowest BCUT2D eigenvalue weighted by Crippen LogP contribution is -2.38. The zero-order valence-corrected chi connectivity index (χ0v) is 8.86. The molecule has 1 amide bonds. The number of amides is 1. The van der Waals surface area contributed by atoms with Crippen LogP contribution in [0.3, 0.4) is 0 Å². The van der Waals surface area contributed by atoms with Crippen LogP contribution >= 0.6 is 22.5 Å². The minimum absolute atomic E-state index is 0.242. The predicted octanol–water partition coefficient (Wildman–Crippen LogP) is 1.39. The van der Waals surface area contributed by atoms with E-state index >= 15 is 0 Å². The van der Waals surface area contributed by atoms with Crippen LogP contribution in [0.1, 0.15) is 6.42 Å². The van der Waals surface area contributed by atoms with E-state index in [-0.39, 0.29) is 5.12 Å². The van der Waals surface area contributed by atoms with Gasteiger partial charge >= 0.3 is 6.09 Å². The summed E-state index contributed by atoms with van der Waals surface area (Å²) < 4.78 is 4.35. The molecule has 13 heavy (non-hydrogen) atoms. The van der Waals surface area contributed by atoms with E-state index in [2.05, 4.69) is 28.3 Å². The number of alkyl carbamates (subject to hydrolysis) is 1. The number of rotatable bonds is 4. The lowest BCUT2D eigenvalue weighted by Gasteiger charge is -2.12. The molecular formula is C7H11NO3S2. The minimum atomic E-state index is -0.636. The van der Waals surface area contributed by atoms with Gasteiger partial charge in [0.25, 0.3) is 0 Å². The highest BCUT2D eigenvalue weighted by Crippen LogP contribution is 2.12. The Kier molecular flexibility index (Phi) is 6.52. The van der Waals surface area contributed by atoms with Crippen LogP contribution in [0.5, 0.6) is 0 Å². The average Bonchev–Trinajstić information content (AvgIpc) is 2.15. The van der Waals surface area contributed by atoms with E-state index in [1.165, 1.54) is 7.11 Å². The maximum absolute atomic E-state index is 11.1. The summed E-state index contributed by atoms with van der Waals surface area (Å²) in [5.41, 5.74) is 0. The molecule has 0 aromatic rings. The summed E-state index contributed by atoms with van der Waals surface area (Å²) in [4.78, 5) is 21.9. The number of methoxy groups -OCH3 is 1. The molecule has 74 valence electrons. The monoisotopic (exact) mass is 221 g/mol. The summed E-state index contributed by atoms with van der Waals surface area (Å²) in [7, 11) is 2.00. The molecule has 0 heterocycles. The molecule has 0 rings (SSSR count). The quantitative estimate of drug-likeness (QED) is 0.428. The third-order valence-corrected chi connectivity index (χ3v) is 2.26. The summed E-state index contributed by atoms with van der Waals surface area (Å²) in [6, 6.07) is -0.618. The van der Waals surface area contributed by atoms with Gasteiger partial charge in [0.05, 0.1) is 7.11 Å². The van der Waals surface area contributed by atoms with Crippen molar-refractivity contribution in [3.8, 4) is 0 Å². The van der Waals surface area contributed by atoms with Crippen molar-refractivity contribution in [1.29, 1.82) is 0 Å². The van der Waals surface area contributed by atoms with Crippen LogP contribution in [0, 0.1) is 0 Å². The first-order valence-electron chi connectivity index (χ1n) is 3.46. The second-order valence-electron chi connectivity index (χ2n) is 2.12. The zero-order chi connectivity index (χ0) is 10.3. The van der Waals surface area contributed by atoms with Crippen LogP contribution in [0.4, 0.5) is 4.79 Å². The second kappa shape index (κ2) is 6.85. The van der Waals surface area contributed by atoms with Gasteiger partial charge in [-0.05, 0) is 17.2 Å². The Morgan fingerprint density at radius 2 is 2.38 bits per heavy atom. The topological polar surface area (TPSA) is 55.4 Å². The molecule has 0 radical (unpaired) electrons. The summed E-state index contributed by atoms with van der Waals surface area (Å²) in [6.07, 6.45) is 1.27. The van der Waals surface area contributed by atoms with E-state index in [1.54, 1.807) is 6.08 Å². The summed E-state index contributed by atoms with van der Waals surface area (Å²) in [5.74, 6) is 0. The van der Waals surface area contributed by atoms with Crippen LogP contribution in [0.25, 0.3) is 0 Å². The van der Waals surface area contributed by atoms with Crippen LogP contribution in [0.15, 0.2) is 12.7 Å². The second-order valence-corrected chi connectivity index (χ2v) is 3.26. The first kappa shape index (κ1) is 12.4. The minimum Gasteiger partial charge on any atom is -0.453 e. The molecule has 0 bridgehead atoms. The van der Waals surface area contributed by atoms with Crippen molar-refractivity contribution >= 4 is 33.7 Å². The molecule has 4 nitrogen and oxygen atoms in total. The van der Waals surface area contributed by atoms with E-state index in [9.17, 15) is 9.59 Å². The molecule has 0 aliphatic carbocycles. The molecule has 0 spiro atoms. The molecule has 0 aliphatic heterocycles. The van der Waals surface area contributed by atoms with Gasteiger partial charge < -0.3 is 10.1 Å². The van der Waals surface area contributed by atoms with Gasteiger partial charge in [-0.15, -0.1) is 18.2 Å². The molecule has 0 unspecified atom stereocenters. The zero-order valence-electron chi connectivity index (χ0n) is 7.15. The first-order chi connectivity index (χ1) is 6.15. The van der Waals surface area contributed by atoms with Crippen LogP contribution in [0.2, 0.25) is 0 Å². The van der Waals surface area contributed by atoms with Crippen molar-refractivity contribution in [2.24, 2.45) is 0 Å². The molecule has 6 heteroatoms.